The van der Waals surface area contributed by atoms with Crippen LogP contribution in [0.15, 0.2) is 18.2 Å². The molecule has 0 fully saturated rings. The van der Waals surface area contributed by atoms with Gasteiger partial charge in [0, 0.05) is 13.2 Å². The van der Waals surface area contributed by atoms with E-state index in [1.165, 1.54) is 16.7 Å². The third-order valence-corrected chi connectivity index (χ3v) is 3.28. The highest BCUT2D eigenvalue weighted by Gasteiger charge is 2.22. The van der Waals surface area contributed by atoms with Gasteiger partial charge < -0.3 is 10.1 Å². The van der Waals surface area contributed by atoms with E-state index in [0.29, 0.717) is 18.6 Å². The molecule has 0 bridgehead atoms. The minimum atomic E-state index is 0.501. The van der Waals surface area contributed by atoms with Crippen molar-refractivity contribution in [3.8, 4) is 0 Å². The predicted molar refractivity (Wildman–Crippen MR) is 66.4 cm³/mol. The molecule has 0 aromatic heterocycles. The lowest BCUT2D eigenvalue weighted by Gasteiger charge is -2.30. The van der Waals surface area contributed by atoms with Gasteiger partial charge in [0.2, 0.25) is 0 Å². The van der Waals surface area contributed by atoms with Gasteiger partial charge in [0.1, 0.15) is 0 Å². The van der Waals surface area contributed by atoms with Gasteiger partial charge in [0.15, 0.2) is 0 Å². The first kappa shape index (κ1) is 11.6. The normalized spacial score (nSPS) is 19.9. The van der Waals surface area contributed by atoms with Crippen LogP contribution in [0.2, 0.25) is 0 Å². The molecule has 1 aliphatic rings. The van der Waals surface area contributed by atoms with Crippen LogP contribution in [0, 0.1) is 5.92 Å². The monoisotopic (exact) mass is 219 g/mol. The van der Waals surface area contributed by atoms with Crippen molar-refractivity contribution in [1.82, 2.24) is 5.32 Å². The summed E-state index contributed by atoms with van der Waals surface area (Å²) in [7, 11) is 1.75. The maximum Gasteiger partial charge on any atom is 0.0713 e. The molecule has 1 unspecified atom stereocenters. The summed E-state index contributed by atoms with van der Waals surface area (Å²) in [4.78, 5) is 0. The standard InChI is InChI=1S/C14H21NO/c1-10(2)14-13-8-11(9-16-3)4-5-12(13)6-7-15-14/h4-5,8,10,14-15H,6-7,9H2,1-3H3. The number of methoxy groups -OCH3 is 1. The van der Waals surface area contributed by atoms with Crippen molar-refractivity contribution in [2.75, 3.05) is 13.7 Å². The van der Waals surface area contributed by atoms with Crippen LogP contribution in [0.5, 0.6) is 0 Å². The van der Waals surface area contributed by atoms with Gasteiger partial charge in [-0.05, 0) is 35.6 Å². The van der Waals surface area contributed by atoms with E-state index in [2.05, 4.69) is 37.4 Å². The highest BCUT2D eigenvalue weighted by Crippen LogP contribution is 2.29. The van der Waals surface area contributed by atoms with Crippen LogP contribution in [0.3, 0.4) is 0 Å². The number of nitrogens with one attached hydrogen (secondary N) is 1. The summed E-state index contributed by atoms with van der Waals surface area (Å²) < 4.78 is 5.19. The number of ether oxygens (including phenoxy) is 1. The molecule has 1 heterocycles. The summed E-state index contributed by atoms with van der Waals surface area (Å²) in [5, 5.41) is 3.60. The van der Waals surface area contributed by atoms with Gasteiger partial charge in [0.25, 0.3) is 0 Å². The molecule has 16 heavy (non-hydrogen) atoms. The summed E-state index contributed by atoms with van der Waals surface area (Å²) >= 11 is 0. The Hall–Kier alpha value is -0.860. The smallest absolute Gasteiger partial charge is 0.0713 e. The van der Waals surface area contributed by atoms with Crippen LogP contribution in [0.4, 0.5) is 0 Å². The van der Waals surface area contributed by atoms with Crippen LogP contribution >= 0.6 is 0 Å². The van der Waals surface area contributed by atoms with Crippen molar-refractivity contribution in [2.24, 2.45) is 5.92 Å². The Labute approximate surface area is 98.0 Å². The van der Waals surface area contributed by atoms with Crippen LogP contribution < -0.4 is 5.32 Å². The van der Waals surface area contributed by atoms with E-state index in [1.807, 2.05) is 0 Å². The minimum absolute atomic E-state index is 0.501. The van der Waals surface area contributed by atoms with Crippen molar-refractivity contribution < 1.29 is 4.74 Å². The molecule has 1 aliphatic heterocycles. The third-order valence-electron chi connectivity index (χ3n) is 3.28. The molecule has 0 aliphatic carbocycles. The van der Waals surface area contributed by atoms with E-state index in [0.717, 1.165) is 13.0 Å². The topological polar surface area (TPSA) is 21.3 Å². The number of rotatable bonds is 3. The molecule has 0 amide bonds. The van der Waals surface area contributed by atoms with Gasteiger partial charge in [-0.1, -0.05) is 32.0 Å². The second-order valence-electron chi connectivity index (χ2n) is 4.89. The first-order valence-electron chi connectivity index (χ1n) is 6.06. The van der Waals surface area contributed by atoms with Crippen molar-refractivity contribution in [3.05, 3.63) is 34.9 Å². The molecule has 0 spiro atoms. The minimum Gasteiger partial charge on any atom is -0.380 e. The molecule has 1 aromatic carbocycles. The lowest BCUT2D eigenvalue weighted by molar-refractivity contribution is 0.184. The van der Waals surface area contributed by atoms with Crippen LogP contribution in [0.1, 0.15) is 36.6 Å². The van der Waals surface area contributed by atoms with Gasteiger partial charge in [0.05, 0.1) is 6.61 Å². The highest BCUT2D eigenvalue weighted by molar-refractivity contribution is 5.36. The lowest BCUT2D eigenvalue weighted by Crippen LogP contribution is -2.33. The average Bonchev–Trinajstić information content (AvgIpc) is 2.28. The molecule has 88 valence electrons. The molecule has 0 saturated heterocycles. The van der Waals surface area contributed by atoms with E-state index in [4.69, 9.17) is 4.74 Å². The number of hydrogen-bond donors (Lipinski definition) is 1. The fourth-order valence-electron chi connectivity index (χ4n) is 2.49. The Bertz CT molecular complexity index is 360. The molecule has 1 aromatic rings. The van der Waals surface area contributed by atoms with E-state index in [9.17, 15) is 0 Å². The summed E-state index contributed by atoms with van der Waals surface area (Å²) in [5.74, 6) is 0.636. The SMILES string of the molecule is COCc1ccc2c(c1)C(C(C)C)NCC2. The second kappa shape index (κ2) is 4.98. The zero-order chi connectivity index (χ0) is 11.5. The fourth-order valence-corrected chi connectivity index (χ4v) is 2.49. The maximum absolute atomic E-state index is 5.19. The number of fused-ring (bicyclic) bond motifs is 1. The van der Waals surface area contributed by atoms with Gasteiger partial charge >= 0.3 is 0 Å². The average molecular weight is 219 g/mol. The second-order valence-corrected chi connectivity index (χ2v) is 4.89. The molecule has 1 atom stereocenters. The molecule has 0 radical (unpaired) electrons. The van der Waals surface area contributed by atoms with Gasteiger partial charge in [-0.15, -0.1) is 0 Å². The zero-order valence-corrected chi connectivity index (χ0v) is 10.4. The molecule has 2 nitrogen and oxygen atoms in total. The quantitative estimate of drug-likeness (QED) is 0.844. The Morgan fingerprint density at radius 3 is 2.94 bits per heavy atom. The largest absolute Gasteiger partial charge is 0.380 e. The van der Waals surface area contributed by atoms with E-state index in [1.54, 1.807) is 7.11 Å². The van der Waals surface area contributed by atoms with E-state index in [-0.39, 0.29) is 0 Å². The molecule has 2 rings (SSSR count). The van der Waals surface area contributed by atoms with E-state index >= 15 is 0 Å². The summed E-state index contributed by atoms with van der Waals surface area (Å²) in [5.41, 5.74) is 4.24. The van der Waals surface area contributed by atoms with Crippen LogP contribution in [0.25, 0.3) is 0 Å². The summed E-state index contributed by atoms with van der Waals surface area (Å²) in [6, 6.07) is 7.25. The van der Waals surface area contributed by atoms with Gasteiger partial charge in [-0.2, -0.15) is 0 Å². The Morgan fingerprint density at radius 2 is 2.25 bits per heavy atom. The van der Waals surface area contributed by atoms with Crippen LogP contribution in [-0.2, 0) is 17.8 Å². The maximum atomic E-state index is 5.19. The van der Waals surface area contributed by atoms with Gasteiger partial charge in [-0.25, -0.2) is 0 Å². The third kappa shape index (κ3) is 2.28. The number of benzene rings is 1. The van der Waals surface area contributed by atoms with Crippen LogP contribution in [-0.4, -0.2) is 13.7 Å². The lowest BCUT2D eigenvalue weighted by atomic mass is 9.87. The predicted octanol–water partition coefficient (Wildman–Crippen LogP) is 2.68. The zero-order valence-electron chi connectivity index (χ0n) is 10.4. The summed E-state index contributed by atoms with van der Waals surface area (Å²) in [6.45, 7) is 6.35. The molecular formula is C14H21NO. The molecule has 2 heteroatoms. The highest BCUT2D eigenvalue weighted by atomic mass is 16.5. The van der Waals surface area contributed by atoms with Crippen molar-refractivity contribution in [3.63, 3.8) is 0 Å². The Morgan fingerprint density at radius 1 is 1.44 bits per heavy atom. The molecular weight excluding hydrogens is 198 g/mol. The Balaban J connectivity index is 2.32. The molecule has 0 saturated carbocycles. The van der Waals surface area contributed by atoms with Crippen molar-refractivity contribution in [2.45, 2.75) is 32.9 Å². The van der Waals surface area contributed by atoms with E-state index < -0.39 is 0 Å². The van der Waals surface area contributed by atoms with Crippen molar-refractivity contribution >= 4 is 0 Å². The Kier molecular flexibility index (Phi) is 3.62. The summed E-state index contributed by atoms with van der Waals surface area (Å²) in [6.07, 6.45) is 1.14. The first-order chi connectivity index (χ1) is 7.72. The first-order valence-corrected chi connectivity index (χ1v) is 6.06. The number of hydrogen-bond acceptors (Lipinski definition) is 2. The van der Waals surface area contributed by atoms with Gasteiger partial charge in [-0.3, -0.25) is 0 Å². The van der Waals surface area contributed by atoms with Crippen molar-refractivity contribution in [1.29, 1.82) is 0 Å². The fraction of sp³-hybridized carbons (Fsp3) is 0.571. The molecule has 1 N–H and O–H groups in total.